The Morgan fingerprint density at radius 2 is 2.27 bits per heavy atom. The van der Waals surface area contributed by atoms with Gasteiger partial charge in [0.15, 0.2) is 0 Å². The predicted molar refractivity (Wildman–Crippen MR) is 58.1 cm³/mol. The molecule has 0 aliphatic carbocycles. The molecular formula is C11H13N3O. The van der Waals surface area contributed by atoms with Gasteiger partial charge in [-0.05, 0) is 18.6 Å². The molecule has 0 aliphatic rings. The zero-order valence-electron chi connectivity index (χ0n) is 8.60. The molecule has 78 valence electrons. The molecule has 4 nitrogen and oxygen atoms in total. The Bertz CT molecular complexity index is 433. The van der Waals surface area contributed by atoms with E-state index < -0.39 is 0 Å². The molecular weight excluding hydrogens is 190 g/mol. The molecule has 0 atom stereocenters. The van der Waals surface area contributed by atoms with Crippen LogP contribution >= 0.6 is 0 Å². The normalized spacial score (nSPS) is 10.5. The number of aromatic nitrogens is 2. The molecule has 2 aromatic heterocycles. The van der Waals surface area contributed by atoms with Crippen molar-refractivity contribution >= 4 is 5.82 Å². The van der Waals surface area contributed by atoms with E-state index in [4.69, 9.17) is 10.3 Å². The first-order valence-corrected chi connectivity index (χ1v) is 4.97. The molecule has 0 aliphatic heterocycles. The fourth-order valence-electron chi connectivity index (χ4n) is 1.37. The maximum absolute atomic E-state index is 5.50. The molecule has 4 heteroatoms. The highest BCUT2D eigenvalue weighted by atomic mass is 16.5. The third-order valence-corrected chi connectivity index (χ3v) is 2.14. The average Bonchev–Trinajstić information content (AvgIpc) is 2.68. The molecule has 0 saturated heterocycles. The van der Waals surface area contributed by atoms with Gasteiger partial charge in [-0.1, -0.05) is 12.1 Å². The number of nitrogen functional groups attached to an aromatic ring is 1. The summed E-state index contributed by atoms with van der Waals surface area (Å²) in [5, 5.41) is 3.98. The quantitative estimate of drug-likeness (QED) is 0.831. The van der Waals surface area contributed by atoms with Crippen LogP contribution in [0, 0.1) is 0 Å². The highest BCUT2D eigenvalue weighted by molar-refractivity contribution is 5.58. The largest absolute Gasteiger partial charge is 0.384 e. The van der Waals surface area contributed by atoms with E-state index in [0.717, 1.165) is 29.9 Å². The van der Waals surface area contributed by atoms with E-state index in [2.05, 4.69) is 17.1 Å². The molecule has 0 bridgehead atoms. The number of anilines is 1. The molecule has 0 saturated carbocycles. The van der Waals surface area contributed by atoms with E-state index in [1.807, 2.05) is 12.1 Å². The van der Waals surface area contributed by atoms with Crippen LogP contribution in [0.4, 0.5) is 5.82 Å². The van der Waals surface area contributed by atoms with Gasteiger partial charge in [0.1, 0.15) is 17.3 Å². The van der Waals surface area contributed by atoms with Crippen LogP contribution < -0.4 is 5.73 Å². The van der Waals surface area contributed by atoms with E-state index in [1.54, 1.807) is 12.3 Å². The number of hydrogen-bond donors (Lipinski definition) is 1. The predicted octanol–water partition coefficient (Wildman–Crippen LogP) is 2.27. The highest BCUT2D eigenvalue weighted by Crippen LogP contribution is 2.19. The van der Waals surface area contributed by atoms with E-state index in [9.17, 15) is 0 Å². The molecule has 0 unspecified atom stereocenters. The minimum Gasteiger partial charge on any atom is -0.384 e. The van der Waals surface area contributed by atoms with Gasteiger partial charge in [0.2, 0.25) is 0 Å². The Labute approximate surface area is 88.1 Å². The summed E-state index contributed by atoms with van der Waals surface area (Å²) in [6.45, 7) is 2.10. The smallest absolute Gasteiger partial charge is 0.137 e. The number of hydrogen-bond acceptors (Lipinski definition) is 4. The first kappa shape index (κ1) is 9.71. The van der Waals surface area contributed by atoms with Gasteiger partial charge in [0.05, 0.1) is 0 Å². The fourth-order valence-corrected chi connectivity index (χ4v) is 1.37. The van der Waals surface area contributed by atoms with Gasteiger partial charge in [-0.2, -0.15) is 0 Å². The molecule has 0 fully saturated rings. The Kier molecular flexibility index (Phi) is 2.67. The number of rotatable bonds is 3. The molecule has 0 aromatic carbocycles. The molecule has 15 heavy (non-hydrogen) atoms. The Balaban J connectivity index is 2.25. The van der Waals surface area contributed by atoms with Crippen LogP contribution in [0.3, 0.4) is 0 Å². The fraction of sp³-hybridized carbons (Fsp3) is 0.273. The van der Waals surface area contributed by atoms with Gasteiger partial charge in [-0.15, -0.1) is 0 Å². The summed E-state index contributed by atoms with van der Waals surface area (Å²) in [6, 6.07) is 5.58. The molecule has 2 rings (SSSR count). The van der Waals surface area contributed by atoms with E-state index in [0.29, 0.717) is 5.82 Å². The Morgan fingerprint density at radius 1 is 1.40 bits per heavy atom. The van der Waals surface area contributed by atoms with Crippen molar-refractivity contribution in [3.05, 3.63) is 30.2 Å². The average molecular weight is 203 g/mol. The van der Waals surface area contributed by atoms with Crippen LogP contribution in [0.15, 0.2) is 28.9 Å². The Morgan fingerprint density at radius 3 is 2.93 bits per heavy atom. The van der Waals surface area contributed by atoms with Crippen molar-refractivity contribution in [2.45, 2.75) is 19.8 Å². The summed E-state index contributed by atoms with van der Waals surface area (Å²) >= 11 is 0. The number of pyridine rings is 1. The lowest BCUT2D eigenvalue weighted by Crippen LogP contribution is -1.88. The SMILES string of the molecule is CCCc1cc(-c2ccc(N)nc2)no1. The molecule has 0 amide bonds. The van der Waals surface area contributed by atoms with E-state index in [-0.39, 0.29) is 0 Å². The van der Waals surface area contributed by atoms with Gasteiger partial charge >= 0.3 is 0 Å². The lowest BCUT2D eigenvalue weighted by Gasteiger charge is -1.94. The van der Waals surface area contributed by atoms with Crippen LogP contribution in [0.2, 0.25) is 0 Å². The summed E-state index contributed by atoms with van der Waals surface area (Å²) in [7, 11) is 0. The second-order valence-corrected chi connectivity index (χ2v) is 3.40. The second-order valence-electron chi connectivity index (χ2n) is 3.40. The number of aryl methyl sites for hydroxylation is 1. The third kappa shape index (κ3) is 2.15. The maximum Gasteiger partial charge on any atom is 0.137 e. The first-order valence-electron chi connectivity index (χ1n) is 4.97. The third-order valence-electron chi connectivity index (χ3n) is 2.14. The van der Waals surface area contributed by atoms with Gasteiger partial charge in [-0.25, -0.2) is 4.98 Å². The topological polar surface area (TPSA) is 64.9 Å². The summed E-state index contributed by atoms with van der Waals surface area (Å²) in [4.78, 5) is 4.01. The minimum absolute atomic E-state index is 0.510. The van der Waals surface area contributed by atoms with Crippen molar-refractivity contribution in [3.63, 3.8) is 0 Å². The van der Waals surface area contributed by atoms with Crippen LogP contribution in [-0.2, 0) is 6.42 Å². The molecule has 2 N–H and O–H groups in total. The summed E-state index contributed by atoms with van der Waals surface area (Å²) in [5.41, 5.74) is 7.24. The van der Waals surface area contributed by atoms with Crippen LogP contribution in [0.25, 0.3) is 11.3 Å². The number of nitrogens with two attached hydrogens (primary N) is 1. The van der Waals surface area contributed by atoms with Gasteiger partial charge in [0, 0.05) is 24.2 Å². The highest BCUT2D eigenvalue weighted by Gasteiger charge is 2.05. The van der Waals surface area contributed by atoms with Crippen molar-refractivity contribution < 1.29 is 4.52 Å². The van der Waals surface area contributed by atoms with Crippen molar-refractivity contribution in [1.82, 2.24) is 10.1 Å². The van der Waals surface area contributed by atoms with Crippen LogP contribution in [0.5, 0.6) is 0 Å². The van der Waals surface area contributed by atoms with Crippen molar-refractivity contribution in [2.75, 3.05) is 5.73 Å². The standard InChI is InChI=1S/C11H13N3O/c1-2-3-9-6-10(14-15-9)8-4-5-11(12)13-7-8/h4-7H,2-3H2,1H3,(H2,12,13). The van der Waals surface area contributed by atoms with Crippen molar-refractivity contribution in [1.29, 1.82) is 0 Å². The molecule has 0 radical (unpaired) electrons. The number of nitrogens with zero attached hydrogens (tertiary/aromatic N) is 2. The van der Waals surface area contributed by atoms with E-state index >= 15 is 0 Å². The molecule has 0 spiro atoms. The van der Waals surface area contributed by atoms with Crippen LogP contribution in [0.1, 0.15) is 19.1 Å². The maximum atomic E-state index is 5.50. The zero-order chi connectivity index (χ0) is 10.7. The zero-order valence-corrected chi connectivity index (χ0v) is 8.60. The minimum atomic E-state index is 0.510. The summed E-state index contributed by atoms with van der Waals surface area (Å²) < 4.78 is 5.18. The van der Waals surface area contributed by atoms with Crippen molar-refractivity contribution in [3.8, 4) is 11.3 Å². The second kappa shape index (κ2) is 4.13. The van der Waals surface area contributed by atoms with E-state index in [1.165, 1.54) is 0 Å². The van der Waals surface area contributed by atoms with Gasteiger partial charge in [-0.3, -0.25) is 0 Å². The monoisotopic (exact) mass is 203 g/mol. The Hall–Kier alpha value is -1.84. The van der Waals surface area contributed by atoms with Gasteiger partial charge < -0.3 is 10.3 Å². The first-order chi connectivity index (χ1) is 7.29. The summed E-state index contributed by atoms with van der Waals surface area (Å²) in [6.07, 6.45) is 3.66. The van der Waals surface area contributed by atoms with Crippen LogP contribution in [-0.4, -0.2) is 10.1 Å². The molecule has 2 heterocycles. The van der Waals surface area contributed by atoms with Crippen molar-refractivity contribution in [2.24, 2.45) is 0 Å². The lowest BCUT2D eigenvalue weighted by molar-refractivity contribution is 0.384. The van der Waals surface area contributed by atoms with Gasteiger partial charge in [0.25, 0.3) is 0 Å². The molecule has 2 aromatic rings. The summed E-state index contributed by atoms with van der Waals surface area (Å²) in [5.74, 6) is 1.42. The lowest BCUT2D eigenvalue weighted by atomic mass is 10.2.